The van der Waals surface area contributed by atoms with Crippen molar-refractivity contribution < 1.29 is 4.84 Å². The molecule has 1 atom stereocenters. The van der Waals surface area contributed by atoms with Gasteiger partial charge in [-0.05, 0) is 85.4 Å². The van der Waals surface area contributed by atoms with Crippen LogP contribution in [0.1, 0.15) is 55.7 Å². The van der Waals surface area contributed by atoms with Gasteiger partial charge in [0.25, 0.3) is 0 Å². The molecule has 1 N–H and O–H groups in total. The monoisotopic (exact) mass is 468 g/mol. The van der Waals surface area contributed by atoms with E-state index in [1.54, 1.807) is 14.2 Å². The fraction of sp³-hybridized carbons (Fsp3) is 0.370. The van der Waals surface area contributed by atoms with Crippen molar-refractivity contribution in [3.63, 3.8) is 0 Å². The lowest BCUT2D eigenvalue weighted by molar-refractivity contribution is 0.145. The Labute approximate surface area is 201 Å². The molecule has 32 heavy (non-hydrogen) atoms. The van der Waals surface area contributed by atoms with Gasteiger partial charge in [-0.15, -0.1) is 0 Å². The summed E-state index contributed by atoms with van der Waals surface area (Å²) in [5.74, 6) is 1.07. The molecule has 0 saturated carbocycles. The number of hydrogen-bond donors (Lipinski definition) is 1. The van der Waals surface area contributed by atoms with Crippen LogP contribution in [0.2, 0.25) is 0 Å². The second kappa shape index (κ2) is 10.2. The average Bonchev–Trinajstić information content (AvgIpc) is 2.97. The van der Waals surface area contributed by atoms with Gasteiger partial charge in [0.05, 0.1) is 7.11 Å². The Hall–Kier alpha value is -2.07. The highest BCUT2D eigenvalue weighted by Gasteiger charge is 2.27. The van der Waals surface area contributed by atoms with Crippen molar-refractivity contribution in [2.24, 2.45) is 10.9 Å². The molecule has 0 saturated heterocycles. The molecule has 0 bridgehead atoms. The van der Waals surface area contributed by atoms with Gasteiger partial charge in [-0.1, -0.05) is 59.1 Å². The molecule has 0 aromatic heterocycles. The molecular weight excluding hydrogens is 439 g/mol. The maximum Gasteiger partial charge on any atom is 0.152 e. The first-order valence-electron chi connectivity index (χ1n) is 11.2. The molecule has 0 radical (unpaired) electrons. The number of rotatable bonds is 4. The van der Waals surface area contributed by atoms with E-state index >= 15 is 0 Å². The number of nitrogens with one attached hydrogen (secondary N) is 1. The summed E-state index contributed by atoms with van der Waals surface area (Å²) in [6.45, 7) is 2.16. The van der Waals surface area contributed by atoms with Gasteiger partial charge in [-0.25, -0.2) is 5.48 Å². The van der Waals surface area contributed by atoms with Gasteiger partial charge >= 0.3 is 0 Å². The zero-order chi connectivity index (χ0) is 22.7. The van der Waals surface area contributed by atoms with Crippen LogP contribution >= 0.6 is 23.2 Å². The van der Waals surface area contributed by atoms with Gasteiger partial charge in [-0.2, -0.15) is 0 Å². The highest BCUT2D eigenvalue weighted by atomic mass is 35.5. The van der Waals surface area contributed by atoms with E-state index in [1.165, 1.54) is 33.4 Å². The minimum Gasteiger partial charge on any atom is -0.278 e. The van der Waals surface area contributed by atoms with E-state index in [4.69, 9.17) is 28.0 Å². The third-order valence-corrected chi connectivity index (χ3v) is 7.13. The highest BCUT2D eigenvalue weighted by molar-refractivity contribution is 6.35. The summed E-state index contributed by atoms with van der Waals surface area (Å²) in [5, 5.41) is 1.64. The summed E-state index contributed by atoms with van der Waals surface area (Å²) < 4.78 is 0. The topological polar surface area (TPSA) is 33.6 Å². The molecule has 4 rings (SSSR count). The van der Waals surface area contributed by atoms with Gasteiger partial charge in [0, 0.05) is 28.6 Å². The van der Waals surface area contributed by atoms with Crippen LogP contribution in [0.3, 0.4) is 0 Å². The summed E-state index contributed by atoms with van der Waals surface area (Å²) in [4.78, 5) is 9.47. The minimum absolute atomic E-state index is 0.339. The number of hydroxylamine groups is 1. The fourth-order valence-corrected chi connectivity index (χ4v) is 5.53. The largest absolute Gasteiger partial charge is 0.278 e. The van der Waals surface area contributed by atoms with Crippen molar-refractivity contribution in [1.29, 1.82) is 0 Å². The van der Waals surface area contributed by atoms with E-state index in [-0.39, 0.29) is 0 Å². The fourth-order valence-electron chi connectivity index (χ4n) is 4.93. The molecule has 1 aromatic rings. The molecule has 1 unspecified atom stereocenters. The summed E-state index contributed by atoms with van der Waals surface area (Å²) in [5.41, 5.74) is 12.0. The SMILES string of the molecule is CN=C(NOC)c1ccc2c(c1)CCCC(C1=C(Cl)C=C(Cl)CC1)=C2C1C=CC(C)=CC1. The first-order valence-corrected chi connectivity index (χ1v) is 12.0. The van der Waals surface area contributed by atoms with Crippen molar-refractivity contribution in [2.75, 3.05) is 14.2 Å². The number of halogens is 2. The second-order valence-corrected chi connectivity index (χ2v) is 9.46. The number of fused-ring (bicyclic) bond motifs is 1. The van der Waals surface area contributed by atoms with Crippen molar-refractivity contribution in [1.82, 2.24) is 5.48 Å². The van der Waals surface area contributed by atoms with Gasteiger partial charge in [0.15, 0.2) is 5.84 Å². The van der Waals surface area contributed by atoms with E-state index in [9.17, 15) is 0 Å². The molecule has 0 fully saturated rings. The van der Waals surface area contributed by atoms with E-state index in [0.717, 1.165) is 60.0 Å². The van der Waals surface area contributed by atoms with E-state index < -0.39 is 0 Å². The second-order valence-electron chi connectivity index (χ2n) is 8.56. The molecule has 1 aromatic carbocycles. The quantitative estimate of drug-likeness (QED) is 0.287. The van der Waals surface area contributed by atoms with Crippen molar-refractivity contribution in [2.45, 2.75) is 45.4 Å². The maximum absolute atomic E-state index is 6.76. The van der Waals surface area contributed by atoms with Gasteiger partial charge in [0.1, 0.15) is 0 Å². The van der Waals surface area contributed by atoms with Gasteiger partial charge in [-0.3, -0.25) is 9.83 Å². The zero-order valence-corrected chi connectivity index (χ0v) is 20.5. The van der Waals surface area contributed by atoms with Crippen LogP contribution in [0.4, 0.5) is 0 Å². The van der Waals surface area contributed by atoms with Crippen LogP contribution in [0.15, 0.2) is 74.3 Å². The third kappa shape index (κ3) is 4.80. The third-order valence-electron chi connectivity index (χ3n) is 6.49. The molecular formula is C27H30Cl2N2O. The van der Waals surface area contributed by atoms with Crippen LogP contribution in [-0.4, -0.2) is 20.0 Å². The number of nitrogens with zero attached hydrogens (tertiary/aromatic N) is 1. The Morgan fingerprint density at radius 2 is 1.97 bits per heavy atom. The first kappa shape index (κ1) is 23.1. The molecule has 3 aliphatic carbocycles. The number of allylic oxidation sites excluding steroid dienone is 10. The van der Waals surface area contributed by atoms with Crippen molar-refractivity contribution in [3.8, 4) is 0 Å². The van der Waals surface area contributed by atoms with Crippen molar-refractivity contribution in [3.05, 3.63) is 86.0 Å². The van der Waals surface area contributed by atoms with Crippen LogP contribution in [0, 0.1) is 5.92 Å². The Morgan fingerprint density at radius 3 is 2.66 bits per heavy atom. The van der Waals surface area contributed by atoms with E-state index in [1.807, 2.05) is 6.08 Å². The number of aliphatic imine (C=N–C) groups is 1. The lowest BCUT2D eigenvalue weighted by atomic mass is 9.79. The standard InChI is InChI=1S/C27H30Cl2N2O/c1-17-7-9-18(10-8-17)26-22-13-11-20(27(30-2)31-32-3)15-19(22)5-4-6-24(26)23-14-12-21(28)16-25(23)29/h7-9,11,13,15-16,18H,4-6,10,12,14H2,1-3H3,(H,30,31). The van der Waals surface area contributed by atoms with Crippen LogP contribution in [0.5, 0.6) is 0 Å². The molecule has 0 heterocycles. The number of amidine groups is 1. The Bertz CT molecular complexity index is 1090. The van der Waals surface area contributed by atoms with Gasteiger partial charge < -0.3 is 0 Å². The van der Waals surface area contributed by atoms with E-state index in [2.05, 4.69) is 53.8 Å². The molecule has 3 aliphatic rings. The summed E-state index contributed by atoms with van der Waals surface area (Å²) in [7, 11) is 3.38. The maximum atomic E-state index is 6.76. The molecule has 0 amide bonds. The predicted molar refractivity (Wildman–Crippen MR) is 136 cm³/mol. The normalized spacial score (nSPS) is 21.8. The summed E-state index contributed by atoms with van der Waals surface area (Å²) in [6.07, 6.45) is 14.8. The zero-order valence-electron chi connectivity index (χ0n) is 19.0. The van der Waals surface area contributed by atoms with E-state index in [0.29, 0.717) is 5.92 Å². The average molecular weight is 469 g/mol. The number of benzene rings is 1. The lowest BCUT2D eigenvalue weighted by Crippen LogP contribution is -2.23. The van der Waals surface area contributed by atoms with Crippen LogP contribution in [0.25, 0.3) is 5.57 Å². The van der Waals surface area contributed by atoms with Crippen LogP contribution < -0.4 is 5.48 Å². The summed E-state index contributed by atoms with van der Waals surface area (Å²) >= 11 is 13.1. The molecule has 3 nitrogen and oxygen atoms in total. The number of aryl methyl sites for hydroxylation is 1. The number of hydrogen-bond acceptors (Lipinski definition) is 2. The Kier molecular flexibility index (Phi) is 7.40. The molecule has 0 spiro atoms. The van der Waals surface area contributed by atoms with Gasteiger partial charge in [0.2, 0.25) is 0 Å². The smallest absolute Gasteiger partial charge is 0.152 e. The highest BCUT2D eigenvalue weighted by Crippen LogP contribution is 2.45. The predicted octanol–water partition coefficient (Wildman–Crippen LogP) is 7.24. The summed E-state index contributed by atoms with van der Waals surface area (Å²) in [6, 6.07) is 6.65. The Morgan fingerprint density at radius 1 is 1.12 bits per heavy atom. The molecule has 5 heteroatoms. The van der Waals surface area contributed by atoms with Crippen molar-refractivity contribution >= 4 is 34.6 Å². The Balaban J connectivity index is 1.88. The first-order chi connectivity index (χ1) is 15.5. The van der Waals surface area contributed by atoms with Crippen LogP contribution in [-0.2, 0) is 11.3 Å². The lowest BCUT2D eigenvalue weighted by Gasteiger charge is -2.26. The molecule has 168 valence electrons. The minimum atomic E-state index is 0.339. The molecule has 0 aliphatic heterocycles.